The smallest absolute Gasteiger partial charge is 0.310 e. The molecule has 0 unspecified atom stereocenters. The summed E-state index contributed by atoms with van der Waals surface area (Å²) in [4.78, 5) is 40.9. The maximum Gasteiger partial charge on any atom is 0.310 e. The topological polar surface area (TPSA) is 112 Å². The van der Waals surface area contributed by atoms with E-state index in [1.807, 2.05) is 0 Å². The Morgan fingerprint density at radius 1 is 1.34 bits per heavy atom. The van der Waals surface area contributed by atoms with Gasteiger partial charge >= 0.3 is 5.97 Å². The summed E-state index contributed by atoms with van der Waals surface area (Å²) >= 11 is 1.30. The number of carbonyl (C=O) groups excluding carboxylic acids is 2. The van der Waals surface area contributed by atoms with E-state index < -0.39 is 4.92 Å². The second kappa shape index (κ2) is 9.46. The van der Waals surface area contributed by atoms with Gasteiger partial charge in [0, 0.05) is 30.6 Å². The van der Waals surface area contributed by atoms with Crippen molar-refractivity contribution in [1.82, 2.24) is 9.88 Å². The molecule has 0 saturated carbocycles. The van der Waals surface area contributed by atoms with Gasteiger partial charge in [0.25, 0.3) is 11.6 Å². The van der Waals surface area contributed by atoms with E-state index in [1.165, 1.54) is 35.6 Å². The minimum Gasteiger partial charge on any atom is -0.486 e. The Morgan fingerprint density at radius 3 is 2.79 bits per heavy atom. The third-order valence-corrected chi connectivity index (χ3v) is 5.33. The lowest BCUT2D eigenvalue weighted by Gasteiger charge is -2.31. The first-order valence-electron chi connectivity index (χ1n) is 9.25. The van der Waals surface area contributed by atoms with Crippen LogP contribution in [0, 0.1) is 16.0 Å². The number of amides is 1. The molecule has 1 fully saturated rings. The first-order valence-corrected chi connectivity index (χ1v) is 10.1. The molecule has 2 heterocycles. The average Bonchev–Trinajstić information content (AvgIpc) is 3.21. The van der Waals surface area contributed by atoms with Crippen LogP contribution in [0.25, 0.3) is 0 Å². The van der Waals surface area contributed by atoms with Crippen molar-refractivity contribution in [2.45, 2.75) is 26.4 Å². The van der Waals surface area contributed by atoms with E-state index in [0.29, 0.717) is 42.6 Å². The average molecular weight is 419 g/mol. The fourth-order valence-corrected chi connectivity index (χ4v) is 3.74. The van der Waals surface area contributed by atoms with Gasteiger partial charge in [0.15, 0.2) is 0 Å². The number of benzene rings is 1. The van der Waals surface area contributed by atoms with E-state index in [-0.39, 0.29) is 30.1 Å². The summed E-state index contributed by atoms with van der Waals surface area (Å²) < 4.78 is 10.6. The number of ether oxygens (including phenoxy) is 2. The molecule has 9 nitrogen and oxygen atoms in total. The number of rotatable bonds is 7. The lowest BCUT2D eigenvalue weighted by atomic mass is 9.98. The molecule has 0 spiro atoms. The number of hydrogen-bond acceptors (Lipinski definition) is 8. The molecule has 1 aromatic heterocycles. The number of aromatic nitrogens is 1. The lowest BCUT2D eigenvalue weighted by molar-refractivity contribution is -0.384. The van der Waals surface area contributed by atoms with Gasteiger partial charge in [0.1, 0.15) is 23.1 Å². The fourth-order valence-electron chi connectivity index (χ4n) is 3.06. The number of esters is 1. The third-order valence-electron chi connectivity index (χ3n) is 4.51. The number of hydrogen-bond donors (Lipinski definition) is 0. The van der Waals surface area contributed by atoms with Gasteiger partial charge in [0.2, 0.25) is 0 Å². The summed E-state index contributed by atoms with van der Waals surface area (Å²) in [6, 6.07) is 5.76. The Balaban J connectivity index is 1.56. The molecule has 1 aliphatic heterocycles. The number of carbonyl (C=O) groups is 2. The Labute approximate surface area is 171 Å². The van der Waals surface area contributed by atoms with Gasteiger partial charge in [-0.05, 0) is 31.9 Å². The largest absolute Gasteiger partial charge is 0.486 e. The van der Waals surface area contributed by atoms with E-state index in [9.17, 15) is 19.7 Å². The highest BCUT2D eigenvalue weighted by atomic mass is 32.1. The predicted molar refractivity (Wildman–Crippen MR) is 105 cm³/mol. The number of non-ortho nitro benzene ring substituents is 1. The highest BCUT2D eigenvalue weighted by Gasteiger charge is 2.30. The highest BCUT2D eigenvalue weighted by molar-refractivity contribution is 7.09. The molecule has 1 aromatic carbocycles. The first-order chi connectivity index (χ1) is 14.0. The zero-order chi connectivity index (χ0) is 20.8. The monoisotopic (exact) mass is 419 g/mol. The summed E-state index contributed by atoms with van der Waals surface area (Å²) in [5.41, 5.74) is 0.309. The van der Waals surface area contributed by atoms with Crippen LogP contribution in [0.5, 0.6) is 5.75 Å². The van der Waals surface area contributed by atoms with Gasteiger partial charge in [-0.3, -0.25) is 19.7 Å². The number of nitro groups is 1. The third kappa shape index (κ3) is 5.29. The van der Waals surface area contributed by atoms with E-state index in [1.54, 1.807) is 17.2 Å². The van der Waals surface area contributed by atoms with Crippen LogP contribution < -0.4 is 4.74 Å². The van der Waals surface area contributed by atoms with Crippen molar-refractivity contribution in [3.8, 4) is 5.75 Å². The van der Waals surface area contributed by atoms with Gasteiger partial charge in [-0.1, -0.05) is 0 Å². The predicted octanol–water partition coefficient (Wildman–Crippen LogP) is 3.05. The molecule has 0 radical (unpaired) electrons. The maximum atomic E-state index is 12.7. The zero-order valence-corrected chi connectivity index (χ0v) is 16.7. The number of piperidine rings is 1. The van der Waals surface area contributed by atoms with Crippen LogP contribution in [0.1, 0.15) is 35.3 Å². The van der Waals surface area contributed by atoms with Crippen molar-refractivity contribution in [2.24, 2.45) is 5.92 Å². The number of nitro benzene ring substituents is 1. The van der Waals surface area contributed by atoms with Gasteiger partial charge in [-0.25, -0.2) is 4.98 Å². The van der Waals surface area contributed by atoms with Crippen LogP contribution in [0.2, 0.25) is 0 Å². The Morgan fingerprint density at radius 2 is 2.10 bits per heavy atom. The second-order valence-corrected chi connectivity index (χ2v) is 7.45. The van der Waals surface area contributed by atoms with Crippen molar-refractivity contribution in [2.75, 3.05) is 19.7 Å². The normalized spacial score (nSPS) is 16.3. The van der Waals surface area contributed by atoms with Gasteiger partial charge in [-0.2, -0.15) is 0 Å². The SMILES string of the molecule is CCOC(=O)[C@@H]1CCCN(C(=O)c2csc(COc3ccc([N+](=O)[O-])cc3)n2)C1. The summed E-state index contributed by atoms with van der Waals surface area (Å²) in [5, 5.41) is 13.0. The van der Waals surface area contributed by atoms with Crippen LogP contribution in [-0.2, 0) is 16.1 Å². The van der Waals surface area contributed by atoms with Crippen molar-refractivity contribution >= 4 is 28.9 Å². The Bertz CT molecular complexity index is 882. The minimum absolute atomic E-state index is 0.0119. The van der Waals surface area contributed by atoms with E-state index in [4.69, 9.17) is 9.47 Å². The molecule has 0 N–H and O–H groups in total. The molecule has 1 aliphatic rings. The Kier molecular flexibility index (Phi) is 6.76. The van der Waals surface area contributed by atoms with Crippen LogP contribution in [0.3, 0.4) is 0 Å². The molecule has 0 aliphatic carbocycles. The minimum atomic E-state index is -0.477. The van der Waals surface area contributed by atoms with Crippen molar-refractivity contribution in [1.29, 1.82) is 0 Å². The van der Waals surface area contributed by atoms with Crippen molar-refractivity contribution in [3.05, 3.63) is 50.5 Å². The van der Waals surface area contributed by atoms with Crippen LogP contribution in [-0.4, -0.2) is 46.4 Å². The van der Waals surface area contributed by atoms with E-state index >= 15 is 0 Å². The molecule has 2 aromatic rings. The van der Waals surface area contributed by atoms with Crippen molar-refractivity contribution < 1.29 is 24.0 Å². The molecule has 0 bridgehead atoms. The standard InChI is InChI=1S/C19H21N3O6S/c1-2-27-19(24)13-4-3-9-21(10-13)18(23)16-12-29-17(20-16)11-28-15-7-5-14(6-8-15)22(25)26/h5-8,12-13H,2-4,9-11H2,1H3/t13-/m1/s1. The van der Waals surface area contributed by atoms with Gasteiger partial charge in [-0.15, -0.1) is 11.3 Å². The molecule has 154 valence electrons. The van der Waals surface area contributed by atoms with Crippen LogP contribution in [0.15, 0.2) is 29.6 Å². The van der Waals surface area contributed by atoms with Crippen molar-refractivity contribution in [3.63, 3.8) is 0 Å². The molecular weight excluding hydrogens is 398 g/mol. The van der Waals surface area contributed by atoms with E-state index in [2.05, 4.69) is 4.98 Å². The maximum absolute atomic E-state index is 12.7. The molecule has 1 saturated heterocycles. The molecule has 29 heavy (non-hydrogen) atoms. The number of likely N-dealkylation sites (tertiary alicyclic amines) is 1. The molecule has 10 heteroatoms. The molecule has 1 amide bonds. The van der Waals surface area contributed by atoms with Gasteiger partial charge < -0.3 is 14.4 Å². The van der Waals surface area contributed by atoms with E-state index in [0.717, 1.165) is 6.42 Å². The molecule has 3 rings (SSSR count). The first kappa shape index (κ1) is 20.7. The summed E-state index contributed by atoms with van der Waals surface area (Å²) in [6.45, 7) is 3.17. The number of nitrogens with zero attached hydrogens (tertiary/aromatic N) is 3. The zero-order valence-electron chi connectivity index (χ0n) is 15.9. The lowest BCUT2D eigenvalue weighted by Crippen LogP contribution is -2.43. The summed E-state index contributed by atoms with van der Waals surface area (Å²) in [7, 11) is 0. The second-order valence-electron chi connectivity index (χ2n) is 6.51. The quantitative estimate of drug-likeness (QED) is 0.385. The van der Waals surface area contributed by atoms with Crippen LogP contribution >= 0.6 is 11.3 Å². The molecule has 1 atom stereocenters. The summed E-state index contributed by atoms with van der Waals surface area (Å²) in [5.74, 6) is -0.291. The molecular formula is C19H21N3O6S. The summed E-state index contributed by atoms with van der Waals surface area (Å²) in [6.07, 6.45) is 1.46. The fraction of sp³-hybridized carbons (Fsp3) is 0.421. The van der Waals surface area contributed by atoms with Gasteiger partial charge in [0.05, 0.1) is 17.4 Å². The highest BCUT2D eigenvalue weighted by Crippen LogP contribution is 2.22. The van der Waals surface area contributed by atoms with Crippen LogP contribution in [0.4, 0.5) is 5.69 Å². The number of thiazole rings is 1. The Hall–Kier alpha value is -3.01.